The first-order valence-electron chi connectivity index (χ1n) is 9.70. The Morgan fingerprint density at radius 3 is 1.87 bits per heavy atom. The highest BCUT2D eigenvalue weighted by Gasteiger charge is 2.28. The number of rotatable bonds is 4. The molecule has 0 saturated carbocycles. The van der Waals surface area contributed by atoms with Gasteiger partial charge in [-0.25, -0.2) is 0 Å². The van der Waals surface area contributed by atoms with Crippen molar-refractivity contribution in [1.82, 2.24) is 0 Å². The summed E-state index contributed by atoms with van der Waals surface area (Å²) in [6.07, 6.45) is 2.07. The van der Waals surface area contributed by atoms with Gasteiger partial charge in [0.1, 0.15) is 0 Å². The molecule has 0 unspecified atom stereocenters. The van der Waals surface area contributed by atoms with Crippen molar-refractivity contribution in [3.63, 3.8) is 0 Å². The second kappa shape index (κ2) is 7.65. The number of ketones is 1. The lowest BCUT2D eigenvalue weighted by atomic mass is 9.94. The zero-order valence-corrected chi connectivity index (χ0v) is 20.4. The van der Waals surface area contributed by atoms with Gasteiger partial charge in [-0.3, -0.25) is 4.79 Å². The molecular formula is C25H20OS4. The van der Waals surface area contributed by atoms with Crippen LogP contribution in [0, 0.1) is 13.8 Å². The van der Waals surface area contributed by atoms with Gasteiger partial charge in [0.05, 0.1) is 9.77 Å². The van der Waals surface area contributed by atoms with E-state index < -0.39 is 0 Å². The van der Waals surface area contributed by atoms with Gasteiger partial charge < -0.3 is 0 Å². The molecule has 150 valence electrons. The third-order valence-electron chi connectivity index (χ3n) is 5.43. The van der Waals surface area contributed by atoms with Crippen molar-refractivity contribution in [2.24, 2.45) is 0 Å². The molecule has 3 aromatic heterocycles. The highest BCUT2D eigenvalue weighted by atomic mass is 32.2. The van der Waals surface area contributed by atoms with E-state index in [2.05, 4.69) is 68.6 Å². The summed E-state index contributed by atoms with van der Waals surface area (Å²) in [7, 11) is 0. The molecule has 0 spiro atoms. The van der Waals surface area contributed by atoms with Gasteiger partial charge in [0.25, 0.3) is 0 Å². The van der Waals surface area contributed by atoms with Crippen LogP contribution in [0.5, 0.6) is 0 Å². The van der Waals surface area contributed by atoms with Crippen molar-refractivity contribution < 1.29 is 4.79 Å². The van der Waals surface area contributed by atoms with Gasteiger partial charge in [-0.1, -0.05) is 36.4 Å². The van der Waals surface area contributed by atoms with Gasteiger partial charge in [0.2, 0.25) is 0 Å². The van der Waals surface area contributed by atoms with Gasteiger partial charge in [-0.15, -0.1) is 45.8 Å². The van der Waals surface area contributed by atoms with Crippen LogP contribution in [0.25, 0.3) is 41.7 Å². The summed E-state index contributed by atoms with van der Waals surface area (Å²) in [5.41, 5.74) is 4.51. The van der Waals surface area contributed by atoms with E-state index in [4.69, 9.17) is 0 Å². The molecule has 0 aliphatic heterocycles. The fourth-order valence-electron chi connectivity index (χ4n) is 4.22. The summed E-state index contributed by atoms with van der Waals surface area (Å²) in [6.45, 7) is 6.09. The Kier molecular flexibility index (Phi) is 5.10. The Hall–Kier alpha value is -1.92. The quantitative estimate of drug-likeness (QED) is 0.195. The van der Waals surface area contributed by atoms with Crippen LogP contribution in [0.3, 0.4) is 0 Å². The zero-order chi connectivity index (χ0) is 21.0. The van der Waals surface area contributed by atoms with Crippen molar-refractivity contribution in [2.45, 2.75) is 25.0 Å². The normalized spacial score (nSPS) is 11.6. The minimum Gasteiger partial charge on any atom is -0.294 e. The SMILES string of the molecule is CSc1sc(-c2c(C)sc3ccccc23)c(-c2c(C)sc3ccccc23)c1C(C)=O. The number of aryl methyl sites for hydroxylation is 2. The lowest BCUT2D eigenvalue weighted by molar-refractivity contribution is 0.101. The van der Waals surface area contributed by atoms with Crippen LogP contribution >= 0.6 is 45.8 Å². The molecule has 0 fully saturated rings. The molecule has 0 saturated heterocycles. The fraction of sp³-hybridized carbons (Fsp3) is 0.160. The first-order valence-corrected chi connectivity index (χ1v) is 13.4. The van der Waals surface area contributed by atoms with Gasteiger partial charge in [-0.05, 0) is 39.2 Å². The molecule has 0 aliphatic carbocycles. The van der Waals surface area contributed by atoms with Crippen LogP contribution in [0.1, 0.15) is 27.0 Å². The molecule has 0 radical (unpaired) electrons. The number of hydrogen-bond acceptors (Lipinski definition) is 5. The monoisotopic (exact) mass is 464 g/mol. The topological polar surface area (TPSA) is 17.1 Å². The summed E-state index contributed by atoms with van der Waals surface area (Å²) < 4.78 is 3.68. The van der Waals surface area contributed by atoms with Crippen LogP contribution in [-0.4, -0.2) is 12.0 Å². The Bertz CT molecular complexity index is 1430. The average molecular weight is 465 g/mol. The third-order valence-corrected chi connectivity index (χ3v) is 9.93. The van der Waals surface area contributed by atoms with Crippen molar-refractivity contribution in [3.05, 3.63) is 63.8 Å². The standard InChI is InChI=1S/C25H20OS4/c1-13(26)20-23(21-14(2)28-18-11-7-5-9-16(18)21)24(30-25(20)27-4)22-15(3)29-19-12-8-6-10-17(19)22/h5-12H,1-4H3. The molecule has 2 aromatic carbocycles. The number of hydrogen-bond donors (Lipinski definition) is 0. The molecule has 3 heterocycles. The minimum atomic E-state index is 0.142. The second-order valence-corrected chi connectivity index (χ2v) is 11.9. The molecule has 0 aliphatic rings. The summed E-state index contributed by atoms with van der Waals surface area (Å²) in [4.78, 5) is 16.7. The Morgan fingerprint density at radius 2 is 1.30 bits per heavy atom. The van der Waals surface area contributed by atoms with E-state index >= 15 is 0 Å². The summed E-state index contributed by atoms with van der Waals surface area (Å²) in [5, 5.41) is 2.52. The molecule has 0 amide bonds. The van der Waals surface area contributed by atoms with E-state index in [0.29, 0.717) is 0 Å². The Balaban J connectivity index is 1.96. The number of thioether (sulfide) groups is 1. The largest absolute Gasteiger partial charge is 0.294 e. The maximum Gasteiger partial charge on any atom is 0.162 e. The average Bonchev–Trinajstić information content (AvgIpc) is 3.36. The number of benzene rings is 2. The molecule has 0 atom stereocenters. The van der Waals surface area contributed by atoms with Crippen LogP contribution in [0.2, 0.25) is 0 Å². The van der Waals surface area contributed by atoms with Crippen molar-refractivity contribution >= 4 is 71.7 Å². The molecular weight excluding hydrogens is 445 g/mol. The number of thiophene rings is 3. The van der Waals surface area contributed by atoms with Crippen LogP contribution < -0.4 is 0 Å². The highest BCUT2D eigenvalue weighted by Crippen LogP contribution is 2.53. The van der Waals surface area contributed by atoms with Gasteiger partial charge in [0.15, 0.2) is 5.78 Å². The minimum absolute atomic E-state index is 0.142. The maximum absolute atomic E-state index is 12.9. The molecule has 0 bridgehead atoms. The Labute approximate surface area is 192 Å². The lowest BCUT2D eigenvalue weighted by Crippen LogP contribution is -1.96. The third kappa shape index (κ3) is 2.99. The van der Waals surface area contributed by atoms with Gasteiger partial charge in [0, 0.05) is 51.5 Å². The molecule has 1 nitrogen and oxygen atoms in total. The lowest BCUT2D eigenvalue weighted by Gasteiger charge is -2.09. The summed E-state index contributed by atoms with van der Waals surface area (Å²) in [5.74, 6) is 0.142. The number of Topliss-reactive ketones (excluding diaryl/α,β-unsaturated/α-hetero) is 1. The molecule has 5 aromatic rings. The molecule has 0 N–H and O–H groups in total. The van der Waals surface area contributed by atoms with E-state index in [-0.39, 0.29) is 5.78 Å². The zero-order valence-electron chi connectivity index (χ0n) is 17.2. The molecule has 5 rings (SSSR count). The number of fused-ring (bicyclic) bond motifs is 2. The van der Waals surface area contributed by atoms with Crippen molar-refractivity contribution in [1.29, 1.82) is 0 Å². The fourth-order valence-corrected chi connectivity index (χ4v) is 8.66. The predicted octanol–water partition coefficient (Wildman–Crippen LogP) is 9.05. The smallest absolute Gasteiger partial charge is 0.162 e. The Morgan fingerprint density at radius 1 is 0.767 bits per heavy atom. The maximum atomic E-state index is 12.9. The van der Waals surface area contributed by atoms with E-state index in [1.165, 1.54) is 45.9 Å². The van der Waals surface area contributed by atoms with Gasteiger partial charge in [-0.2, -0.15) is 0 Å². The van der Waals surface area contributed by atoms with E-state index in [1.54, 1.807) is 30.0 Å². The van der Waals surface area contributed by atoms with Crippen LogP contribution in [0.15, 0.2) is 52.7 Å². The van der Waals surface area contributed by atoms with Crippen LogP contribution in [0.4, 0.5) is 0 Å². The van der Waals surface area contributed by atoms with E-state index in [0.717, 1.165) is 15.3 Å². The first kappa shape index (κ1) is 20.0. The molecule has 5 heteroatoms. The van der Waals surface area contributed by atoms with E-state index in [9.17, 15) is 4.79 Å². The first-order chi connectivity index (χ1) is 14.5. The van der Waals surface area contributed by atoms with Gasteiger partial charge >= 0.3 is 0 Å². The van der Waals surface area contributed by atoms with E-state index in [1.807, 2.05) is 22.7 Å². The highest BCUT2D eigenvalue weighted by molar-refractivity contribution is 8.00. The van der Waals surface area contributed by atoms with Crippen molar-refractivity contribution in [2.75, 3.05) is 6.26 Å². The van der Waals surface area contributed by atoms with Crippen molar-refractivity contribution in [3.8, 4) is 21.6 Å². The van der Waals surface area contributed by atoms with Crippen LogP contribution in [-0.2, 0) is 0 Å². The number of carbonyl (C=O) groups excluding carboxylic acids is 1. The molecule has 30 heavy (non-hydrogen) atoms. The summed E-state index contributed by atoms with van der Waals surface area (Å²) >= 11 is 7.10. The number of carbonyl (C=O) groups is 1. The predicted molar refractivity (Wildman–Crippen MR) is 137 cm³/mol. The second-order valence-electron chi connectivity index (χ2n) is 7.29. The summed E-state index contributed by atoms with van der Waals surface area (Å²) in [6, 6.07) is 17.2.